The van der Waals surface area contributed by atoms with Crippen LogP contribution >= 0.6 is 0 Å². The smallest absolute Gasteiger partial charge is 0.123 e. The zero-order valence-electron chi connectivity index (χ0n) is 10.3. The van der Waals surface area contributed by atoms with Crippen LogP contribution in [-0.2, 0) is 0 Å². The molecule has 0 saturated heterocycles. The number of benzene rings is 1. The molecule has 0 aliphatic carbocycles. The number of nitrogens with zero attached hydrogens (tertiary/aromatic N) is 1. The minimum atomic E-state index is 0.0271. The Kier molecular flexibility index (Phi) is 4.33. The van der Waals surface area contributed by atoms with Crippen molar-refractivity contribution >= 4 is 0 Å². The Labute approximate surface area is 97.0 Å². The normalized spacial score (nSPS) is 11.9. The van der Waals surface area contributed by atoms with E-state index < -0.39 is 0 Å². The van der Waals surface area contributed by atoms with E-state index in [1.54, 1.807) is 7.11 Å². The Hall–Kier alpha value is -1.53. The van der Waals surface area contributed by atoms with E-state index >= 15 is 0 Å². The Morgan fingerprint density at radius 3 is 2.50 bits per heavy atom. The molecule has 3 nitrogen and oxygen atoms in total. The van der Waals surface area contributed by atoms with E-state index in [-0.39, 0.29) is 6.04 Å². The molecule has 16 heavy (non-hydrogen) atoms. The lowest BCUT2D eigenvalue weighted by molar-refractivity contribution is 0.401. The van der Waals surface area contributed by atoms with Crippen LogP contribution in [0.15, 0.2) is 12.1 Å². The first-order chi connectivity index (χ1) is 7.63. The second kappa shape index (κ2) is 5.53. The minimum Gasteiger partial charge on any atom is -0.496 e. The highest BCUT2D eigenvalue weighted by Gasteiger charge is 2.15. The van der Waals surface area contributed by atoms with Gasteiger partial charge in [-0.1, -0.05) is 6.07 Å². The predicted octanol–water partition coefficient (Wildman–Crippen LogP) is 2.49. The fourth-order valence-corrected chi connectivity index (χ4v) is 1.72. The molecule has 0 aromatic heterocycles. The van der Waals surface area contributed by atoms with Crippen molar-refractivity contribution in [1.29, 1.82) is 5.26 Å². The molecule has 1 rings (SSSR count). The Morgan fingerprint density at radius 1 is 1.38 bits per heavy atom. The van der Waals surface area contributed by atoms with Gasteiger partial charge in [0.1, 0.15) is 5.75 Å². The van der Waals surface area contributed by atoms with Gasteiger partial charge in [0, 0.05) is 11.6 Å². The number of hydrogen-bond donors (Lipinski definition) is 1. The molecule has 0 fully saturated rings. The van der Waals surface area contributed by atoms with E-state index in [2.05, 4.69) is 31.3 Å². The molecule has 1 N–H and O–H groups in total. The zero-order valence-corrected chi connectivity index (χ0v) is 10.3. The topological polar surface area (TPSA) is 45.0 Å². The maximum atomic E-state index is 8.79. The second-order valence-electron chi connectivity index (χ2n) is 3.88. The van der Waals surface area contributed by atoms with Crippen LogP contribution in [-0.4, -0.2) is 14.2 Å². The summed E-state index contributed by atoms with van der Waals surface area (Å²) >= 11 is 0. The summed E-state index contributed by atoms with van der Waals surface area (Å²) in [6.45, 7) is 4.12. The van der Waals surface area contributed by atoms with Gasteiger partial charge in [-0.05, 0) is 38.1 Å². The molecule has 1 unspecified atom stereocenters. The summed E-state index contributed by atoms with van der Waals surface area (Å²) in [5.74, 6) is 0.845. The summed E-state index contributed by atoms with van der Waals surface area (Å²) in [6, 6.07) is 6.32. The van der Waals surface area contributed by atoms with Gasteiger partial charge in [-0.2, -0.15) is 5.26 Å². The van der Waals surface area contributed by atoms with Crippen molar-refractivity contribution in [3.05, 3.63) is 28.8 Å². The first-order valence-corrected chi connectivity index (χ1v) is 5.33. The van der Waals surface area contributed by atoms with Crippen LogP contribution < -0.4 is 10.1 Å². The van der Waals surface area contributed by atoms with Crippen molar-refractivity contribution in [3.8, 4) is 11.8 Å². The third-order valence-electron chi connectivity index (χ3n) is 2.87. The Balaban J connectivity index is 3.20. The Morgan fingerprint density at radius 2 is 2.00 bits per heavy atom. The van der Waals surface area contributed by atoms with E-state index in [9.17, 15) is 0 Å². The summed E-state index contributed by atoms with van der Waals surface area (Å²) in [6.07, 6.45) is 0.440. The van der Waals surface area contributed by atoms with Crippen LogP contribution in [0, 0.1) is 25.2 Å². The maximum absolute atomic E-state index is 8.79. The maximum Gasteiger partial charge on any atom is 0.123 e. The second-order valence-corrected chi connectivity index (χ2v) is 3.88. The molecule has 0 amide bonds. The number of ether oxygens (including phenoxy) is 1. The van der Waals surface area contributed by atoms with E-state index in [4.69, 9.17) is 10.00 Å². The van der Waals surface area contributed by atoms with Crippen molar-refractivity contribution in [3.63, 3.8) is 0 Å². The molecule has 0 aliphatic heterocycles. The number of rotatable bonds is 4. The molecule has 0 aliphatic rings. The van der Waals surface area contributed by atoms with Gasteiger partial charge in [0.25, 0.3) is 0 Å². The molecule has 1 atom stereocenters. The van der Waals surface area contributed by atoms with Crippen LogP contribution in [0.4, 0.5) is 0 Å². The van der Waals surface area contributed by atoms with Gasteiger partial charge in [0.2, 0.25) is 0 Å². The molecule has 0 saturated carbocycles. The van der Waals surface area contributed by atoms with Gasteiger partial charge in [0.05, 0.1) is 19.6 Å². The van der Waals surface area contributed by atoms with Crippen molar-refractivity contribution in [2.75, 3.05) is 14.2 Å². The number of methoxy groups -OCH3 is 1. The van der Waals surface area contributed by atoms with E-state index in [0.717, 1.165) is 11.3 Å². The molecular formula is C13H18N2O. The molecule has 3 heteroatoms. The molecule has 0 heterocycles. The summed E-state index contributed by atoms with van der Waals surface area (Å²) < 4.78 is 5.36. The molecule has 0 bridgehead atoms. The zero-order chi connectivity index (χ0) is 12.1. The average molecular weight is 218 g/mol. The summed E-state index contributed by atoms with van der Waals surface area (Å²) in [4.78, 5) is 0. The molecular weight excluding hydrogens is 200 g/mol. The molecule has 1 aromatic carbocycles. The third-order valence-corrected chi connectivity index (χ3v) is 2.87. The summed E-state index contributed by atoms with van der Waals surface area (Å²) in [5.41, 5.74) is 3.47. The van der Waals surface area contributed by atoms with Gasteiger partial charge in [0.15, 0.2) is 0 Å². The lowest BCUT2D eigenvalue weighted by Gasteiger charge is -2.18. The summed E-state index contributed by atoms with van der Waals surface area (Å²) in [5, 5.41) is 11.9. The minimum absolute atomic E-state index is 0.0271. The quantitative estimate of drug-likeness (QED) is 0.844. The highest BCUT2D eigenvalue weighted by Crippen LogP contribution is 2.29. The van der Waals surface area contributed by atoms with Gasteiger partial charge in [-0.15, -0.1) is 0 Å². The lowest BCUT2D eigenvalue weighted by atomic mass is 9.98. The monoisotopic (exact) mass is 218 g/mol. The van der Waals surface area contributed by atoms with E-state index in [0.29, 0.717) is 6.42 Å². The van der Waals surface area contributed by atoms with Gasteiger partial charge in [-0.3, -0.25) is 0 Å². The van der Waals surface area contributed by atoms with Crippen molar-refractivity contribution in [1.82, 2.24) is 5.32 Å². The highest BCUT2D eigenvalue weighted by atomic mass is 16.5. The van der Waals surface area contributed by atoms with E-state index in [1.165, 1.54) is 11.1 Å². The molecule has 0 spiro atoms. The van der Waals surface area contributed by atoms with Gasteiger partial charge in [-0.25, -0.2) is 0 Å². The van der Waals surface area contributed by atoms with Crippen molar-refractivity contribution in [2.45, 2.75) is 26.3 Å². The summed E-state index contributed by atoms with van der Waals surface area (Å²) in [7, 11) is 3.52. The third kappa shape index (κ3) is 2.53. The number of hydrogen-bond acceptors (Lipinski definition) is 3. The highest BCUT2D eigenvalue weighted by molar-refractivity contribution is 5.43. The standard InChI is InChI=1S/C13H18N2O/c1-9-7-11(12(15-3)5-6-14)13(16-4)8-10(9)2/h7-8,12,15H,5H2,1-4H3. The largest absolute Gasteiger partial charge is 0.496 e. The fraction of sp³-hybridized carbons (Fsp3) is 0.462. The van der Waals surface area contributed by atoms with Crippen LogP contribution in [0.2, 0.25) is 0 Å². The first kappa shape index (κ1) is 12.5. The number of nitriles is 1. The van der Waals surface area contributed by atoms with Crippen molar-refractivity contribution in [2.24, 2.45) is 0 Å². The first-order valence-electron chi connectivity index (χ1n) is 5.33. The fourth-order valence-electron chi connectivity index (χ4n) is 1.72. The molecule has 0 radical (unpaired) electrons. The van der Waals surface area contributed by atoms with Crippen LogP contribution in [0.25, 0.3) is 0 Å². The van der Waals surface area contributed by atoms with Gasteiger partial charge < -0.3 is 10.1 Å². The van der Waals surface area contributed by atoms with E-state index in [1.807, 2.05) is 13.1 Å². The molecule has 1 aromatic rings. The Bertz CT molecular complexity index is 407. The molecule has 86 valence electrons. The van der Waals surface area contributed by atoms with Crippen molar-refractivity contribution < 1.29 is 4.74 Å². The van der Waals surface area contributed by atoms with Crippen LogP contribution in [0.5, 0.6) is 5.75 Å². The SMILES string of the molecule is CNC(CC#N)c1cc(C)c(C)cc1OC. The van der Waals surface area contributed by atoms with Crippen LogP contribution in [0.1, 0.15) is 29.2 Å². The number of aryl methyl sites for hydroxylation is 2. The van der Waals surface area contributed by atoms with Crippen LogP contribution in [0.3, 0.4) is 0 Å². The van der Waals surface area contributed by atoms with Gasteiger partial charge >= 0.3 is 0 Å². The lowest BCUT2D eigenvalue weighted by Crippen LogP contribution is -2.17. The predicted molar refractivity (Wildman–Crippen MR) is 64.5 cm³/mol. The number of nitrogens with one attached hydrogen (secondary N) is 1. The average Bonchev–Trinajstić information content (AvgIpc) is 2.29.